The molecule has 1 saturated heterocycles. The maximum Gasteiger partial charge on any atom is 0.317 e. The number of aliphatic carboxylic acids is 1. The summed E-state index contributed by atoms with van der Waals surface area (Å²) >= 11 is 0. The molecule has 1 aliphatic heterocycles. The molecule has 2 N–H and O–H groups in total. The Bertz CT molecular complexity index is 876. The van der Waals surface area contributed by atoms with Crippen LogP contribution in [0, 0.1) is 28.6 Å². The zero-order chi connectivity index (χ0) is 20.3. The fourth-order valence-electron chi connectivity index (χ4n) is 7.46. The van der Waals surface area contributed by atoms with Crippen LogP contribution >= 0.6 is 0 Å². The third-order valence-corrected chi connectivity index (χ3v) is 8.38. The lowest BCUT2D eigenvalue weighted by Crippen LogP contribution is -2.52. The van der Waals surface area contributed by atoms with Gasteiger partial charge in [0.15, 0.2) is 0 Å². The van der Waals surface area contributed by atoms with Gasteiger partial charge in [0.1, 0.15) is 17.1 Å². The van der Waals surface area contributed by atoms with Crippen LogP contribution in [0.2, 0.25) is 0 Å². The summed E-state index contributed by atoms with van der Waals surface area (Å²) in [4.78, 5) is 37.3. The number of carboxylic acids is 1. The highest BCUT2D eigenvalue weighted by Gasteiger charge is 2.84. The fourth-order valence-corrected chi connectivity index (χ4v) is 7.46. The molecule has 5 rings (SSSR count). The number of fused-ring (bicyclic) bond motifs is 1. The van der Waals surface area contributed by atoms with Crippen LogP contribution in [-0.2, 0) is 23.9 Å². The predicted octanol–water partition coefficient (Wildman–Crippen LogP) is 1.60. The van der Waals surface area contributed by atoms with Crippen molar-refractivity contribution < 1.29 is 34.1 Å². The van der Waals surface area contributed by atoms with Gasteiger partial charge in [-0.15, -0.1) is 0 Å². The Balaban J connectivity index is 1.73. The van der Waals surface area contributed by atoms with E-state index >= 15 is 0 Å². The van der Waals surface area contributed by atoms with Gasteiger partial charge in [0, 0.05) is 18.8 Å². The summed E-state index contributed by atoms with van der Waals surface area (Å²) in [5.74, 6) is -3.84. The molecular weight excluding hydrogens is 364 g/mol. The second-order valence-corrected chi connectivity index (χ2v) is 9.52. The third-order valence-electron chi connectivity index (χ3n) is 8.38. The summed E-state index contributed by atoms with van der Waals surface area (Å²) in [5.41, 5.74) is -3.44. The Morgan fingerprint density at radius 3 is 2.75 bits per heavy atom. The topological polar surface area (TPSA) is 110 Å². The van der Waals surface area contributed by atoms with E-state index in [1.54, 1.807) is 19.1 Å². The summed E-state index contributed by atoms with van der Waals surface area (Å²) in [6.45, 7) is 6.96. The summed E-state index contributed by atoms with van der Waals surface area (Å²) in [6.07, 6.45) is 4.34. The van der Waals surface area contributed by atoms with E-state index in [4.69, 9.17) is 9.47 Å². The zero-order valence-corrected chi connectivity index (χ0v) is 15.9. The number of carbonyl (C=O) groups excluding carboxylic acids is 2. The van der Waals surface area contributed by atoms with Gasteiger partial charge >= 0.3 is 17.9 Å². The molecule has 1 spiro atoms. The van der Waals surface area contributed by atoms with Crippen LogP contribution in [0.5, 0.6) is 0 Å². The molecule has 2 unspecified atom stereocenters. The van der Waals surface area contributed by atoms with Crippen molar-refractivity contribution in [2.75, 3.05) is 0 Å². The molecule has 0 aromatic carbocycles. The fraction of sp³-hybridized carbons (Fsp3) is 0.667. The molecule has 150 valence electrons. The minimum Gasteiger partial charge on any atom is -0.481 e. The van der Waals surface area contributed by atoms with Gasteiger partial charge < -0.3 is 19.7 Å². The maximum absolute atomic E-state index is 13.0. The quantitative estimate of drug-likeness (QED) is 0.546. The molecule has 0 aromatic rings. The molecule has 1 heterocycles. The van der Waals surface area contributed by atoms with E-state index in [9.17, 15) is 24.6 Å². The number of carboxylic acid groups (broad SMARTS) is 1. The first-order chi connectivity index (χ1) is 13.0. The molecule has 4 bridgehead atoms. The monoisotopic (exact) mass is 388 g/mol. The summed E-state index contributed by atoms with van der Waals surface area (Å²) in [5, 5.41) is 21.3. The van der Waals surface area contributed by atoms with Gasteiger partial charge in [-0.1, -0.05) is 6.58 Å². The highest BCUT2D eigenvalue weighted by molar-refractivity contribution is 5.87. The Morgan fingerprint density at radius 1 is 1.39 bits per heavy atom. The largest absolute Gasteiger partial charge is 0.481 e. The second-order valence-electron chi connectivity index (χ2n) is 9.52. The Hall–Kier alpha value is -2.15. The van der Waals surface area contributed by atoms with Crippen LogP contribution in [0.4, 0.5) is 0 Å². The first kappa shape index (κ1) is 17.9. The van der Waals surface area contributed by atoms with Crippen LogP contribution in [0.3, 0.4) is 0 Å². The Labute approximate surface area is 162 Å². The van der Waals surface area contributed by atoms with Crippen LogP contribution in [-0.4, -0.2) is 45.4 Å². The van der Waals surface area contributed by atoms with E-state index in [1.165, 1.54) is 6.92 Å². The van der Waals surface area contributed by atoms with E-state index in [1.807, 2.05) is 0 Å². The zero-order valence-electron chi connectivity index (χ0n) is 15.9. The van der Waals surface area contributed by atoms with Gasteiger partial charge in [0.25, 0.3) is 0 Å². The lowest BCUT2D eigenvalue weighted by Gasteiger charge is -2.44. The van der Waals surface area contributed by atoms with Crippen LogP contribution < -0.4 is 0 Å². The van der Waals surface area contributed by atoms with Crippen molar-refractivity contribution in [2.24, 2.45) is 28.6 Å². The molecule has 7 heteroatoms. The number of carbonyl (C=O) groups is 3. The highest BCUT2D eigenvalue weighted by atomic mass is 16.6. The molecule has 8 atom stereocenters. The molecule has 3 saturated carbocycles. The number of hydrogen-bond donors (Lipinski definition) is 2. The van der Waals surface area contributed by atoms with Crippen LogP contribution in [0.25, 0.3) is 0 Å². The maximum atomic E-state index is 13.0. The SMILES string of the molecule is C=C1CC23C[C@]1(O)CC[C@H]2C12C=C[C@H](OC(C)=O)[C@](C)(C(=O)O1)[C@H]2[C@@H]3C(=O)O. The normalized spacial score (nSPS) is 52.8. The smallest absolute Gasteiger partial charge is 0.317 e. The van der Waals surface area contributed by atoms with E-state index in [0.29, 0.717) is 31.3 Å². The van der Waals surface area contributed by atoms with E-state index < -0.39 is 57.9 Å². The van der Waals surface area contributed by atoms with Gasteiger partial charge in [0.05, 0.1) is 11.5 Å². The van der Waals surface area contributed by atoms with Crippen molar-refractivity contribution in [1.29, 1.82) is 0 Å². The number of hydrogen-bond acceptors (Lipinski definition) is 6. The standard InChI is InChI=1S/C21H24O7/c1-10-8-19-9-20(10,26)6-4-12(19)21-7-5-13(27-11(2)22)18(3,17(25)28-21)15(21)14(19)16(23)24/h5,7,12-15,26H,1,4,6,8-9H2,2-3H3,(H,23,24)/t12-,13+,14-,15-,18+,19?,20-,21?/m1/s1. The molecule has 7 nitrogen and oxygen atoms in total. The van der Waals surface area contributed by atoms with Crippen molar-refractivity contribution in [3.8, 4) is 0 Å². The van der Waals surface area contributed by atoms with Crippen molar-refractivity contribution >= 4 is 17.9 Å². The third kappa shape index (κ3) is 1.69. The second kappa shape index (κ2) is 4.87. The lowest BCUT2D eigenvalue weighted by atomic mass is 9.61. The number of esters is 2. The van der Waals surface area contributed by atoms with E-state index in [2.05, 4.69) is 6.58 Å². The van der Waals surface area contributed by atoms with Gasteiger partial charge in [-0.3, -0.25) is 14.4 Å². The van der Waals surface area contributed by atoms with Crippen molar-refractivity contribution in [1.82, 2.24) is 0 Å². The van der Waals surface area contributed by atoms with Crippen molar-refractivity contribution in [3.63, 3.8) is 0 Å². The first-order valence-corrected chi connectivity index (χ1v) is 9.75. The molecular formula is C21H24O7. The number of aliphatic hydroxyl groups is 1. The van der Waals surface area contributed by atoms with Crippen molar-refractivity contribution in [3.05, 3.63) is 24.3 Å². The number of rotatable bonds is 2. The molecule has 4 aliphatic carbocycles. The van der Waals surface area contributed by atoms with Gasteiger partial charge in [-0.2, -0.15) is 0 Å². The Morgan fingerprint density at radius 2 is 2.11 bits per heavy atom. The molecule has 5 aliphatic rings. The lowest BCUT2D eigenvalue weighted by molar-refractivity contribution is -0.167. The minimum absolute atomic E-state index is 0.217. The van der Waals surface area contributed by atoms with Crippen LogP contribution in [0.1, 0.15) is 39.5 Å². The molecule has 4 fully saturated rings. The highest BCUT2D eigenvalue weighted by Crippen LogP contribution is 2.77. The first-order valence-electron chi connectivity index (χ1n) is 9.75. The van der Waals surface area contributed by atoms with Gasteiger partial charge in [0.2, 0.25) is 0 Å². The average Bonchev–Trinajstić information content (AvgIpc) is 3.00. The van der Waals surface area contributed by atoms with Crippen LogP contribution in [0.15, 0.2) is 24.3 Å². The molecule has 28 heavy (non-hydrogen) atoms. The van der Waals surface area contributed by atoms with Gasteiger partial charge in [-0.25, -0.2) is 0 Å². The molecule has 0 aromatic heterocycles. The Kier molecular flexibility index (Phi) is 3.12. The van der Waals surface area contributed by atoms with Crippen molar-refractivity contribution in [2.45, 2.75) is 56.8 Å². The predicted molar refractivity (Wildman–Crippen MR) is 94.7 cm³/mol. The average molecular weight is 388 g/mol. The molecule has 0 radical (unpaired) electrons. The minimum atomic E-state index is -1.28. The summed E-state index contributed by atoms with van der Waals surface area (Å²) in [6, 6.07) is 0. The summed E-state index contributed by atoms with van der Waals surface area (Å²) in [7, 11) is 0. The van der Waals surface area contributed by atoms with Gasteiger partial charge in [-0.05, 0) is 55.7 Å². The molecule has 0 amide bonds. The number of ether oxygens (including phenoxy) is 2. The van der Waals surface area contributed by atoms with E-state index in [0.717, 1.165) is 0 Å². The summed E-state index contributed by atoms with van der Waals surface area (Å²) < 4.78 is 11.4. The van der Waals surface area contributed by atoms with E-state index in [-0.39, 0.29) is 5.92 Å².